The van der Waals surface area contributed by atoms with Gasteiger partial charge in [0.2, 0.25) is 0 Å². The molecule has 0 aliphatic heterocycles. The van der Waals surface area contributed by atoms with Gasteiger partial charge in [0.05, 0.1) is 0 Å². The Hall–Kier alpha value is -0.220. The quantitative estimate of drug-likeness (QED) is 0.513. The van der Waals surface area contributed by atoms with Crippen LogP contribution in [0.4, 0.5) is 0 Å². The molecule has 0 saturated heterocycles. The fourth-order valence-electron chi connectivity index (χ4n) is 2.06. The summed E-state index contributed by atoms with van der Waals surface area (Å²) < 4.78 is 0. The summed E-state index contributed by atoms with van der Waals surface area (Å²) >= 11 is 8.25. The van der Waals surface area contributed by atoms with Gasteiger partial charge in [0.25, 0.3) is 0 Å². The van der Waals surface area contributed by atoms with E-state index >= 15 is 0 Å². The lowest BCUT2D eigenvalue weighted by Gasteiger charge is -2.18. The van der Waals surface area contributed by atoms with Crippen molar-refractivity contribution in [3.63, 3.8) is 0 Å². The molecule has 1 N–H and O–H groups in total. The molecule has 0 spiro atoms. The summed E-state index contributed by atoms with van der Waals surface area (Å²) in [5.41, 5.74) is 1.24. The molecule has 20 heavy (non-hydrogen) atoms. The molecule has 0 radical (unpaired) electrons. The number of thioether (sulfide) groups is 1. The molecule has 0 aliphatic carbocycles. The van der Waals surface area contributed by atoms with Crippen molar-refractivity contribution in [2.45, 2.75) is 38.6 Å². The summed E-state index contributed by atoms with van der Waals surface area (Å²) in [5, 5.41) is 4.32. The van der Waals surface area contributed by atoms with Crippen molar-refractivity contribution in [1.82, 2.24) is 10.2 Å². The minimum Gasteiger partial charge on any atom is -0.313 e. The lowest BCUT2D eigenvalue weighted by Crippen LogP contribution is -2.25. The lowest BCUT2D eigenvalue weighted by atomic mass is 10.2. The van der Waals surface area contributed by atoms with Gasteiger partial charge in [-0.2, -0.15) is 0 Å². The fourth-order valence-corrected chi connectivity index (χ4v) is 3.46. The van der Waals surface area contributed by atoms with Gasteiger partial charge in [0.1, 0.15) is 0 Å². The first-order valence-corrected chi connectivity index (χ1v) is 8.92. The molecule has 0 atom stereocenters. The Morgan fingerprint density at radius 2 is 1.95 bits per heavy atom. The van der Waals surface area contributed by atoms with Crippen LogP contribution in [0.15, 0.2) is 23.1 Å². The fraction of sp³-hybridized carbons (Fsp3) is 0.625. The van der Waals surface area contributed by atoms with Crippen molar-refractivity contribution >= 4 is 23.4 Å². The molecule has 0 heterocycles. The van der Waals surface area contributed by atoms with E-state index in [1.165, 1.54) is 10.5 Å². The Labute approximate surface area is 133 Å². The van der Waals surface area contributed by atoms with Gasteiger partial charge >= 0.3 is 0 Å². The molecule has 0 bridgehead atoms. The van der Waals surface area contributed by atoms with Crippen LogP contribution < -0.4 is 5.32 Å². The van der Waals surface area contributed by atoms with Crippen molar-refractivity contribution < 1.29 is 0 Å². The molecule has 0 aliphatic rings. The first-order chi connectivity index (χ1) is 9.72. The van der Waals surface area contributed by atoms with Gasteiger partial charge in [-0.1, -0.05) is 38.4 Å². The van der Waals surface area contributed by atoms with E-state index in [4.69, 9.17) is 11.6 Å². The largest absolute Gasteiger partial charge is 0.313 e. The Morgan fingerprint density at radius 3 is 2.60 bits per heavy atom. The first-order valence-electron chi connectivity index (χ1n) is 7.56. The number of nitrogens with zero attached hydrogens (tertiary/aromatic N) is 1. The highest BCUT2D eigenvalue weighted by atomic mass is 35.5. The minimum absolute atomic E-state index is 0.862. The van der Waals surface area contributed by atoms with Gasteiger partial charge in [-0.3, -0.25) is 0 Å². The topological polar surface area (TPSA) is 15.3 Å². The molecule has 0 fully saturated rings. The maximum atomic E-state index is 6.34. The van der Waals surface area contributed by atoms with Crippen LogP contribution >= 0.6 is 23.4 Å². The van der Waals surface area contributed by atoms with Gasteiger partial charge in [-0.25, -0.2) is 0 Å². The molecule has 1 aromatic rings. The number of hydrogen-bond acceptors (Lipinski definition) is 3. The number of hydrogen-bond donors (Lipinski definition) is 1. The highest BCUT2D eigenvalue weighted by Gasteiger charge is 2.08. The molecular formula is C16H27ClN2S. The van der Waals surface area contributed by atoms with Crippen molar-refractivity contribution in [3.05, 3.63) is 28.8 Å². The number of benzene rings is 1. The van der Waals surface area contributed by atoms with Crippen LogP contribution in [0.1, 0.15) is 32.8 Å². The van der Waals surface area contributed by atoms with E-state index in [0.29, 0.717) is 0 Å². The Balaban J connectivity index is 2.57. The molecule has 114 valence electrons. The summed E-state index contributed by atoms with van der Waals surface area (Å²) in [5.74, 6) is 1.11. The number of halogens is 1. The summed E-state index contributed by atoms with van der Waals surface area (Å²) in [4.78, 5) is 3.76. The monoisotopic (exact) mass is 314 g/mol. The molecule has 0 saturated carbocycles. The molecule has 1 rings (SSSR count). The third kappa shape index (κ3) is 6.04. The molecule has 0 amide bonds. The van der Waals surface area contributed by atoms with E-state index in [2.05, 4.69) is 37.1 Å². The van der Waals surface area contributed by atoms with Gasteiger partial charge in [-0.05, 0) is 43.8 Å². The summed E-state index contributed by atoms with van der Waals surface area (Å²) in [6.07, 6.45) is 1.15. The molecule has 0 aromatic heterocycles. The lowest BCUT2D eigenvalue weighted by molar-refractivity contribution is 0.324. The minimum atomic E-state index is 0.862. The van der Waals surface area contributed by atoms with E-state index in [1.54, 1.807) is 0 Å². The van der Waals surface area contributed by atoms with E-state index < -0.39 is 0 Å². The molecule has 0 unspecified atom stereocenters. The van der Waals surface area contributed by atoms with Gasteiger partial charge < -0.3 is 10.2 Å². The molecule has 1 aromatic carbocycles. The average molecular weight is 315 g/mol. The zero-order valence-corrected chi connectivity index (χ0v) is 14.5. The average Bonchev–Trinajstić information content (AvgIpc) is 2.46. The van der Waals surface area contributed by atoms with E-state index in [1.807, 2.05) is 23.9 Å². The second kappa shape index (κ2) is 10.5. The second-order valence-corrected chi connectivity index (χ2v) is 6.31. The maximum Gasteiger partial charge on any atom is 0.0462 e. The van der Waals surface area contributed by atoms with Crippen LogP contribution in [-0.4, -0.2) is 36.8 Å². The van der Waals surface area contributed by atoms with Crippen molar-refractivity contribution in [3.8, 4) is 0 Å². The number of nitrogens with one attached hydrogen (secondary N) is 1. The third-order valence-corrected chi connectivity index (χ3v) is 4.80. The van der Waals surface area contributed by atoms with Crippen molar-refractivity contribution in [2.75, 3.05) is 31.9 Å². The van der Waals surface area contributed by atoms with Crippen molar-refractivity contribution in [1.29, 1.82) is 0 Å². The summed E-state index contributed by atoms with van der Waals surface area (Å²) in [6, 6.07) is 6.21. The second-order valence-electron chi connectivity index (χ2n) is 4.77. The van der Waals surface area contributed by atoms with Crippen LogP contribution in [0.2, 0.25) is 5.02 Å². The number of rotatable bonds is 10. The highest BCUT2D eigenvalue weighted by Crippen LogP contribution is 2.28. The molecule has 4 heteroatoms. The van der Waals surface area contributed by atoms with Crippen LogP contribution in [0, 0.1) is 0 Å². The summed E-state index contributed by atoms with van der Waals surface area (Å²) in [7, 11) is 0. The first kappa shape index (κ1) is 17.8. The Kier molecular flexibility index (Phi) is 9.36. The van der Waals surface area contributed by atoms with Crippen LogP contribution in [0.3, 0.4) is 0 Å². The normalized spacial score (nSPS) is 11.2. The predicted molar refractivity (Wildman–Crippen MR) is 92.0 cm³/mol. The zero-order chi connectivity index (χ0) is 14.8. The van der Waals surface area contributed by atoms with Gasteiger partial charge in [-0.15, -0.1) is 11.8 Å². The SMILES string of the molecule is CCCNCc1c(Cl)cccc1SCCN(CC)CC. The maximum absolute atomic E-state index is 6.34. The van der Waals surface area contributed by atoms with Crippen molar-refractivity contribution in [2.24, 2.45) is 0 Å². The molecular weight excluding hydrogens is 288 g/mol. The van der Waals surface area contributed by atoms with E-state index in [0.717, 1.165) is 49.9 Å². The summed E-state index contributed by atoms with van der Waals surface area (Å²) in [6.45, 7) is 11.9. The Bertz CT molecular complexity index is 381. The van der Waals surface area contributed by atoms with Crippen LogP contribution in [0.5, 0.6) is 0 Å². The molecule has 2 nitrogen and oxygen atoms in total. The standard InChI is InChI=1S/C16H27ClN2S/c1-4-10-18-13-14-15(17)8-7-9-16(14)20-12-11-19(5-2)6-3/h7-9,18H,4-6,10-13H2,1-3H3. The van der Waals surface area contributed by atoms with Gasteiger partial charge in [0.15, 0.2) is 0 Å². The Morgan fingerprint density at radius 1 is 1.20 bits per heavy atom. The zero-order valence-electron chi connectivity index (χ0n) is 12.9. The third-order valence-electron chi connectivity index (χ3n) is 3.36. The van der Waals surface area contributed by atoms with E-state index in [9.17, 15) is 0 Å². The van der Waals surface area contributed by atoms with Crippen LogP contribution in [0.25, 0.3) is 0 Å². The highest BCUT2D eigenvalue weighted by molar-refractivity contribution is 7.99. The van der Waals surface area contributed by atoms with Gasteiger partial charge in [0, 0.05) is 28.8 Å². The van der Waals surface area contributed by atoms with E-state index in [-0.39, 0.29) is 0 Å². The smallest absolute Gasteiger partial charge is 0.0462 e. The van der Waals surface area contributed by atoms with Crippen LogP contribution in [-0.2, 0) is 6.54 Å². The predicted octanol–water partition coefficient (Wildman–Crippen LogP) is 4.27.